The number of rotatable bonds is 1. The predicted octanol–water partition coefficient (Wildman–Crippen LogP) is 0.238. The van der Waals surface area contributed by atoms with Gasteiger partial charge in [-0.3, -0.25) is 14.5 Å². The van der Waals surface area contributed by atoms with Gasteiger partial charge in [0.25, 0.3) is 0 Å². The second kappa shape index (κ2) is 5.20. The molecule has 0 spiro atoms. The van der Waals surface area contributed by atoms with E-state index in [4.69, 9.17) is 9.31 Å². The molecule has 2 rings (SSSR count). The number of thiophene rings is 1. The van der Waals surface area contributed by atoms with Crippen LogP contribution in [0.1, 0.15) is 0 Å². The van der Waals surface area contributed by atoms with E-state index in [0.717, 1.165) is 4.47 Å². The Morgan fingerprint density at radius 2 is 1.94 bits per heavy atom. The quantitative estimate of drug-likeness (QED) is 0.694. The number of halogens is 1. The molecule has 8 heteroatoms. The minimum atomic E-state index is -0.931. The van der Waals surface area contributed by atoms with Crippen molar-refractivity contribution in [3.63, 3.8) is 0 Å². The Balaban J connectivity index is 2.16. The summed E-state index contributed by atoms with van der Waals surface area (Å²) >= 11 is 4.66. The largest absolute Gasteiger partial charge is 0.647 e. The average molecular weight is 318 g/mol. The van der Waals surface area contributed by atoms with Crippen LogP contribution < -0.4 is 4.78 Å². The van der Waals surface area contributed by atoms with Crippen LogP contribution >= 0.6 is 27.3 Å². The molecule has 0 aromatic carbocycles. The van der Waals surface area contributed by atoms with E-state index >= 15 is 0 Å². The molecule has 0 radical (unpaired) electrons. The van der Waals surface area contributed by atoms with Gasteiger partial charge in [0.2, 0.25) is 0 Å². The molecule has 0 aliphatic carbocycles. The highest BCUT2D eigenvalue weighted by Crippen LogP contribution is 2.13. The topological polar surface area (TPSA) is 55.8 Å². The molecule has 0 N–H and O–H groups in total. The van der Waals surface area contributed by atoms with Crippen molar-refractivity contribution in [2.24, 2.45) is 0 Å². The summed E-state index contributed by atoms with van der Waals surface area (Å²) in [5.74, 6) is -0.816. The molecule has 17 heavy (non-hydrogen) atoms. The first-order chi connectivity index (χ1) is 8.04. The van der Waals surface area contributed by atoms with Crippen molar-refractivity contribution in [3.05, 3.63) is 15.9 Å². The fourth-order valence-electron chi connectivity index (χ4n) is 1.40. The molecule has 90 valence electrons. The Kier molecular flexibility index (Phi) is 3.85. The minimum absolute atomic E-state index is 0.0815. The van der Waals surface area contributed by atoms with Gasteiger partial charge in [0.15, 0.2) is 0 Å². The first-order valence-corrected chi connectivity index (χ1v) is 6.53. The lowest BCUT2D eigenvalue weighted by Crippen LogP contribution is -2.47. The molecular formula is C9H9BBrNO4S. The second-order valence-electron chi connectivity index (χ2n) is 3.65. The number of hydrogen-bond donors (Lipinski definition) is 0. The highest BCUT2D eigenvalue weighted by atomic mass is 79.9. The van der Waals surface area contributed by atoms with Crippen LogP contribution in [0.25, 0.3) is 0 Å². The van der Waals surface area contributed by atoms with E-state index in [1.807, 2.05) is 5.38 Å². The Labute approximate surface area is 111 Å². The molecule has 0 amide bonds. The zero-order valence-electron chi connectivity index (χ0n) is 9.01. The lowest BCUT2D eigenvalue weighted by molar-refractivity contribution is -0.145. The van der Waals surface area contributed by atoms with Crippen molar-refractivity contribution in [1.82, 2.24) is 4.90 Å². The van der Waals surface area contributed by atoms with Crippen LogP contribution in [0.2, 0.25) is 0 Å². The molecule has 0 atom stereocenters. The summed E-state index contributed by atoms with van der Waals surface area (Å²) in [6.45, 7) is 0.163. The van der Waals surface area contributed by atoms with E-state index < -0.39 is 19.1 Å². The van der Waals surface area contributed by atoms with Gasteiger partial charge in [0.05, 0.1) is 17.9 Å². The smallest absolute Gasteiger partial charge is 0.494 e. The fraction of sp³-hybridized carbons (Fsp3) is 0.333. The third-order valence-electron chi connectivity index (χ3n) is 2.10. The molecule has 1 aliphatic heterocycles. The molecule has 0 bridgehead atoms. The second-order valence-corrected chi connectivity index (χ2v) is 5.51. The average Bonchev–Trinajstić information content (AvgIpc) is 2.61. The van der Waals surface area contributed by atoms with Crippen LogP contribution in [-0.4, -0.2) is 44.1 Å². The molecule has 0 unspecified atom stereocenters. The van der Waals surface area contributed by atoms with Gasteiger partial charge < -0.3 is 9.31 Å². The third kappa shape index (κ3) is 3.30. The van der Waals surface area contributed by atoms with Gasteiger partial charge in [-0.15, -0.1) is 11.3 Å². The molecule has 1 fully saturated rings. The van der Waals surface area contributed by atoms with Gasteiger partial charge in [-0.2, -0.15) is 0 Å². The maximum absolute atomic E-state index is 11.5. The summed E-state index contributed by atoms with van der Waals surface area (Å²) in [5.41, 5.74) is 0. The Hall–Kier alpha value is -0.855. The zero-order valence-corrected chi connectivity index (χ0v) is 11.4. The number of likely N-dealkylation sites (N-methyl/N-ethyl adjacent to an activating group) is 1. The van der Waals surface area contributed by atoms with Crippen LogP contribution in [-0.2, 0) is 18.9 Å². The molecule has 2 heterocycles. The lowest BCUT2D eigenvalue weighted by Gasteiger charge is -2.21. The monoisotopic (exact) mass is 317 g/mol. The zero-order chi connectivity index (χ0) is 12.4. The molecule has 1 aromatic rings. The van der Waals surface area contributed by atoms with Crippen molar-refractivity contribution in [3.8, 4) is 0 Å². The predicted molar refractivity (Wildman–Crippen MR) is 67.1 cm³/mol. The third-order valence-corrected chi connectivity index (χ3v) is 3.81. The van der Waals surface area contributed by atoms with Crippen molar-refractivity contribution in [2.75, 3.05) is 20.1 Å². The van der Waals surface area contributed by atoms with E-state index in [0.29, 0.717) is 4.78 Å². The Morgan fingerprint density at radius 3 is 2.41 bits per heavy atom. The lowest BCUT2D eigenvalue weighted by atomic mass is 9.87. The first-order valence-electron chi connectivity index (χ1n) is 4.86. The number of nitrogens with zero attached hydrogens (tertiary/aromatic N) is 1. The van der Waals surface area contributed by atoms with E-state index in [-0.39, 0.29) is 13.1 Å². The van der Waals surface area contributed by atoms with Gasteiger partial charge in [-0.1, -0.05) is 0 Å². The fourth-order valence-corrected chi connectivity index (χ4v) is 2.80. The van der Waals surface area contributed by atoms with Gasteiger partial charge in [-0.05, 0) is 29.0 Å². The van der Waals surface area contributed by atoms with Crippen LogP contribution in [0, 0.1) is 0 Å². The Bertz CT molecular complexity index is 432. The van der Waals surface area contributed by atoms with Gasteiger partial charge in [0.1, 0.15) is 0 Å². The van der Waals surface area contributed by atoms with E-state index in [1.165, 1.54) is 11.3 Å². The summed E-state index contributed by atoms with van der Waals surface area (Å²) in [6.07, 6.45) is 0. The van der Waals surface area contributed by atoms with Crippen molar-refractivity contribution < 1.29 is 18.9 Å². The van der Waals surface area contributed by atoms with Gasteiger partial charge in [0, 0.05) is 9.85 Å². The van der Waals surface area contributed by atoms with Crippen molar-refractivity contribution in [1.29, 1.82) is 0 Å². The standard InChI is InChI=1S/C9H9BBrNO4S/c1-12-3-8(13)15-10(16-9(14)4-12)7-2-6(11)5-17-7/h2,5H,3-4H2,1H3. The summed E-state index contributed by atoms with van der Waals surface area (Å²) < 4.78 is 11.7. The van der Waals surface area contributed by atoms with Crippen LogP contribution in [0.3, 0.4) is 0 Å². The Morgan fingerprint density at radius 1 is 1.35 bits per heavy atom. The number of hydrogen-bond acceptors (Lipinski definition) is 6. The highest BCUT2D eigenvalue weighted by molar-refractivity contribution is 9.10. The summed E-state index contributed by atoms with van der Waals surface area (Å²) in [6, 6.07) is 1.77. The molecule has 5 nitrogen and oxygen atoms in total. The molecular weight excluding hydrogens is 309 g/mol. The number of carbonyl (C=O) groups is 2. The summed E-state index contributed by atoms with van der Waals surface area (Å²) in [7, 11) is 0.727. The van der Waals surface area contributed by atoms with Crippen LogP contribution in [0.4, 0.5) is 0 Å². The SMILES string of the molecule is CN1CC(=O)OB(c2cc(Br)cs2)OC(=O)C1. The van der Waals surface area contributed by atoms with Crippen molar-refractivity contribution in [2.45, 2.75) is 0 Å². The minimum Gasteiger partial charge on any atom is -0.494 e. The first kappa shape index (κ1) is 12.6. The maximum atomic E-state index is 11.5. The van der Waals surface area contributed by atoms with E-state index in [9.17, 15) is 9.59 Å². The van der Waals surface area contributed by atoms with Crippen LogP contribution in [0.15, 0.2) is 15.9 Å². The van der Waals surface area contributed by atoms with Gasteiger partial charge in [-0.25, -0.2) is 0 Å². The molecule has 1 aromatic heterocycles. The molecule has 0 saturated carbocycles. The van der Waals surface area contributed by atoms with Crippen LogP contribution in [0.5, 0.6) is 0 Å². The summed E-state index contributed by atoms with van der Waals surface area (Å²) in [4.78, 5) is 24.5. The van der Waals surface area contributed by atoms with Crippen molar-refractivity contribution >= 4 is 51.1 Å². The van der Waals surface area contributed by atoms with Gasteiger partial charge >= 0.3 is 19.1 Å². The highest BCUT2D eigenvalue weighted by Gasteiger charge is 2.34. The van der Waals surface area contributed by atoms with E-state index in [2.05, 4.69) is 15.9 Å². The maximum Gasteiger partial charge on any atom is 0.647 e. The van der Waals surface area contributed by atoms with E-state index in [1.54, 1.807) is 18.0 Å². The summed E-state index contributed by atoms with van der Waals surface area (Å²) in [5, 5.41) is 1.84. The molecule has 1 aliphatic rings. The number of carbonyl (C=O) groups excluding carboxylic acids is 2. The molecule has 1 saturated heterocycles. The normalized spacial score (nSPS) is 18.4.